The molecule has 0 aromatic rings. The summed E-state index contributed by atoms with van der Waals surface area (Å²) in [5.74, 6) is 0.565. The van der Waals surface area contributed by atoms with Gasteiger partial charge in [0.05, 0.1) is 6.04 Å². The number of nitrogens with zero attached hydrogens (tertiary/aromatic N) is 1. The van der Waals surface area contributed by atoms with Gasteiger partial charge < -0.3 is 20.7 Å². The summed E-state index contributed by atoms with van der Waals surface area (Å²) in [6.07, 6.45) is 3.75. The molecule has 2 heterocycles. The van der Waals surface area contributed by atoms with E-state index in [0.717, 1.165) is 25.8 Å². The maximum Gasteiger partial charge on any atom is 0.239 e. The van der Waals surface area contributed by atoms with Gasteiger partial charge in [0.15, 0.2) is 0 Å². The number of nitrogens with one attached hydrogen (secondary N) is 1. The van der Waals surface area contributed by atoms with E-state index in [9.17, 15) is 9.59 Å². The molecule has 3 unspecified atom stereocenters. The van der Waals surface area contributed by atoms with Crippen molar-refractivity contribution in [3.05, 3.63) is 0 Å². The fraction of sp³-hybridized carbons (Fsp3) is 0.857. The Labute approximate surface area is 120 Å². The molecular weight excluding hydrogens is 258 g/mol. The van der Waals surface area contributed by atoms with Crippen LogP contribution in [0.2, 0.25) is 0 Å². The van der Waals surface area contributed by atoms with Crippen LogP contribution >= 0.6 is 0 Å². The van der Waals surface area contributed by atoms with Crippen molar-refractivity contribution >= 4 is 11.8 Å². The lowest BCUT2D eigenvalue weighted by Gasteiger charge is -2.42. The van der Waals surface area contributed by atoms with Crippen molar-refractivity contribution in [3.63, 3.8) is 0 Å². The highest BCUT2D eigenvalue weighted by Gasteiger charge is 2.36. The Morgan fingerprint density at radius 3 is 3.10 bits per heavy atom. The third-order valence-electron chi connectivity index (χ3n) is 4.31. The van der Waals surface area contributed by atoms with E-state index in [1.54, 1.807) is 7.11 Å². The second kappa shape index (κ2) is 7.04. The summed E-state index contributed by atoms with van der Waals surface area (Å²) < 4.78 is 4.98. The summed E-state index contributed by atoms with van der Waals surface area (Å²) in [7, 11) is 1.65. The highest BCUT2D eigenvalue weighted by molar-refractivity contribution is 5.82. The van der Waals surface area contributed by atoms with Crippen LogP contribution in [0.15, 0.2) is 0 Å². The van der Waals surface area contributed by atoms with Crippen molar-refractivity contribution in [1.82, 2.24) is 10.2 Å². The fourth-order valence-corrected chi connectivity index (χ4v) is 3.12. The van der Waals surface area contributed by atoms with Crippen LogP contribution in [0.4, 0.5) is 0 Å². The summed E-state index contributed by atoms with van der Waals surface area (Å²) in [6, 6.07) is -0.190. The SMILES string of the molecule is COCCCC(N)C(=O)N1CCC2NC(=O)CCC2C1. The third-order valence-corrected chi connectivity index (χ3v) is 4.31. The number of amides is 2. The molecule has 114 valence electrons. The van der Waals surface area contributed by atoms with E-state index in [1.165, 1.54) is 0 Å². The molecule has 0 aromatic carbocycles. The van der Waals surface area contributed by atoms with Crippen LogP contribution in [-0.2, 0) is 14.3 Å². The molecule has 6 nitrogen and oxygen atoms in total. The third kappa shape index (κ3) is 3.70. The first-order chi connectivity index (χ1) is 9.61. The molecule has 0 saturated carbocycles. The number of rotatable bonds is 5. The van der Waals surface area contributed by atoms with Gasteiger partial charge in [0.2, 0.25) is 11.8 Å². The van der Waals surface area contributed by atoms with E-state index >= 15 is 0 Å². The van der Waals surface area contributed by atoms with Gasteiger partial charge in [0.25, 0.3) is 0 Å². The van der Waals surface area contributed by atoms with Gasteiger partial charge >= 0.3 is 0 Å². The van der Waals surface area contributed by atoms with E-state index in [0.29, 0.717) is 31.9 Å². The number of nitrogens with two attached hydrogens (primary N) is 1. The Kier molecular flexibility index (Phi) is 5.37. The van der Waals surface area contributed by atoms with Crippen molar-refractivity contribution < 1.29 is 14.3 Å². The summed E-state index contributed by atoms with van der Waals surface area (Å²) >= 11 is 0. The molecule has 2 amide bonds. The number of piperidine rings is 2. The number of likely N-dealkylation sites (tertiary alicyclic amines) is 1. The van der Waals surface area contributed by atoms with Crippen LogP contribution in [-0.4, -0.2) is 55.6 Å². The minimum atomic E-state index is -0.431. The number of carbonyl (C=O) groups excluding carboxylic acids is 2. The maximum atomic E-state index is 12.3. The minimum absolute atomic E-state index is 0.0384. The molecule has 0 bridgehead atoms. The lowest BCUT2D eigenvalue weighted by atomic mass is 9.85. The van der Waals surface area contributed by atoms with Gasteiger partial charge in [-0.1, -0.05) is 0 Å². The zero-order valence-electron chi connectivity index (χ0n) is 12.1. The van der Waals surface area contributed by atoms with Crippen LogP contribution in [0.25, 0.3) is 0 Å². The van der Waals surface area contributed by atoms with E-state index < -0.39 is 6.04 Å². The number of carbonyl (C=O) groups is 2. The van der Waals surface area contributed by atoms with Crippen LogP contribution in [0, 0.1) is 5.92 Å². The van der Waals surface area contributed by atoms with E-state index in [2.05, 4.69) is 5.32 Å². The van der Waals surface area contributed by atoms with Crippen LogP contribution < -0.4 is 11.1 Å². The molecule has 2 fully saturated rings. The number of ether oxygens (including phenoxy) is 1. The molecule has 3 N–H and O–H groups in total. The molecule has 2 aliphatic heterocycles. The summed E-state index contributed by atoms with van der Waals surface area (Å²) in [6.45, 7) is 2.05. The summed E-state index contributed by atoms with van der Waals surface area (Å²) in [5, 5.41) is 3.02. The molecule has 0 aliphatic carbocycles. The molecule has 0 spiro atoms. The maximum absolute atomic E-state index is 12.3. The predicted octanol–water partition coefficient (Wildman–Crippen LogP) is -0.133. The van der Waals surface area contributed by atoms with E-state index in [1.807, 2.05) is 4.90 Å². The van der Waals surface area contributed by atoms with Gasteiger partial charge in [-0.2, -0.15) is 0 Å². The van der Waals surface area contributed by atoms with Gasteiger partial charge in [-0.15, -0.1) is 0 Å². The van der Waals surface area contributed by atoms with Gasteiger partial charge in [-0.3, -0.25) is 9.59 Å². The number of fused-ring (bicyclic) bond motifs is 1. The molecular formula is C14H25N3O3. The zero-order valence-corrected chi connectivity index (χ0v) is 12.1. The van der Waals surface area contributed by atoms with E-state index in [-0.39, 0.29) is 17.9 Å². The standard InChI is InChI=1S/C14H25N3O3/c1-20-8-2-3-11(15)14(19)17-7-6-12-10(9-17)4-5-13(18)16-12/h10-12H,2-9,15H2,1H3,(H,16,18). The lowest BCUT2D eigenvalue weighted by Crippen LogP contribution is -2.57. The monoisotopic (exact) mass is 283 g/mol. The van der Waals surface area contributed by atoms with Crippen molar-refractivity contribution in [2.45, 2.75) is 44.2 Å². The lowest BCUT2D eigenvalue weighted by molar-refractivity contribution is -0.136. The summed E-state index contributed by atoms with van der Waals surface area (Å²) in [4.78, 5) is 25.5. The second-order valence-electron chi connectivity index (χ2n) is 5.79. The Bertz CT molecular complexity index is 362. The van der Waals surface area contributed by atoms with E-state index in [4.69, 9.17) is 10.5 Å². The molecule has 0 radical (unpaired) electrons. The van der Waals surface area contributed by atoms with Gasteiger partial charge in [-0.05, 0) is 31.6 Å². The Balaban J connectivity index is 1.81. The highest BCUT2D eigenvalue weighted by Crippen LogP contribution is 2.25. The van der Waals surface area contributed by atoms with Crippen LogP contribution in [0.3, 0.4) is 0 Å². The van der Waals surface area contributed by atoms with Crippen molar-refractivity contribution in [2.24, 2.45) is 11.7 Å². The summed E-state index contributed by atoms with van der Waals surface area (Å²) in [5.41, 5.74) is 5.96. The average molecular weight is 283 g/mol. The van der Waals surface area contributed by atoms with Crippen molar-refractivity contribution in [2.75, 3.05) is 26.8 Å². The zero-order chi connectivity index (χ0) is 14.5. The quantitative estimate of drug-likeness (QED) is 0.688. The van der Waals surface area contributed by atoms with Gasteiger partial charge in [-0.25, -0.2) is 0 Å². The molecule has 20 heavy (non-hydrogen) atoms. The van der Waals surface area contributed by atoms with Crippen molar-refractivity contribution in [3.8, 4) is 0 Å². The topological polar surface area (TPSA) is 84.7 Å². The smallest absolute Gasteiger partial charge is 0.239 e. The average Bonchev–Trinajstić information content (AvgIpc) is 2.46. The van der Waals surface area contributed by atoms with Gasteiger partial charge in [0.1, 0.15) is 0 Å². The van der Waals surface area contributed by atoms with Crippen LogP contribution in [0.5, 0.6) is 0 Å². The number of methoxy groups -OCH3 is 1. The molecule has 0 aromatic heterocycles. The molecule has 3 atom stereocenters. The van der Waals surface area contributed by atoms with Crippen molar-refractivity contribution in [1.29, 1.82) is 0 Å². The highest BCUT2D eigenvalue weighted by atomic mass is 16.5. The molecule has 2 rings (SSSR count). The minimum Gasteiger partial charge on any atom is -0.385 e. The van der Waals surface area contributed by atoms with Gasteiger partial charge in [0, 0.05) is 39.3 Å². The second-order valence-corrected chi connectivity index (χ2v) is 5.79. The predicted molar refractivity (Wildman–Crippen MR) is 74.9 cm³/mol. The largest absolute Gasteiger partial charge is 0.385 e. The molecule has 2 aliphatic rings. The first kappa shape index (κ1) is 15.3. The normalized spacial score (nSPS) is 27.7. The molecule has 2 saturated heterocycles. The fourth-order valence-electron chi connectivity index (χ4n) is 3.12. The number of hydrogen-bond donors (Lipinski definition) is 2. The first-order valence-electron chi connectivity index (χ1n) is 7.44. The number of hydrogen-bond acceptors (Lipinski definition) is 4. The Morgan fingerprint density at radius 1 is 1.55 bits per heavy atom. The first-order valence-corrected chi connectivity index (χ1v) is 7.44. The Morgan fingerprint density at radius 2 is 2.35 bits per heavy atom. The molecule has 6 heteroatoms. The Hall–Kier alpha value is -1.14. The van der Waals surface area contributed by atoms with Crippen LogP contribution in [0.1, 0.15) is 32.1 Å².